The van der Waals surface area contributed by atoms with Crippen LogP contribution in [0.3, 0.4) is 0 Å². The number of fused-ring (bicyclic) bond motifs is 1. The summed E-state index contributed by atoms with van der Waals surface area (Å²) >= 11 is 0. The molecule has 0 aliphatic heterocycles. The minimum Gasteiger partial charge on any atom is -1.00 e. The molecule has 0 N–H and O–H groups in total. The topological polar surface area (TPSA) is 47.0 Å². The van der Waals surface area contributed by atoms with Crippen molar-refractivity contribution in [1.29, 1.82) is 0 Å². The number of halogens is 1. The number of pyridine rings is 1. The monoisotopic (exact) mass is 294 g/mol. The zero-order chi connectivity index (χ0) is 12.5. The lowest BCUT2D eigenvalue weighted by molar-refractivity contribution is -0.613. The molecule has 2 aromatic heterocycles. The minimum atomic E-state index is -0.973. The fraction of sp³-hybridized carbons (Fsp3) is 0.0769. The highest BCUT2D eigenvalue weighted by Crippen LogP contribution is 2.14. The van der Waals surface area contributed by atoms with E-state index < -0.39 is 10.8 Å². The second-order valence-corrected chi connectivity index (χ2v) is 5.24. The Hall–Kier alpha value is -1.72. The van der Waals surface area contributed by atoms with Gasteiger partial charge in [0.05, 0.1) is 10.8 Å². The third kappa shape index (κ3) is 2.67. The third-order valence-corrected chi connectivity index (χ3v) is 3.57. The van der Waals surface area contributed by atoms with Crippen LogP contribution in [0.15, 0.2) is 58.1 Å². The van der Waals surface area contributed by atoms with E-state index in [-0.39, 0.29) is 12.4 Å². The van der Waals surface area contributed by atoms with Crippen molar-refractivity contribution in [2.24, 2.45) is 0 Å². The van der Waals surface area contributed by atoms with Crippen molar-refractivity contribution >= 4 is 21.9 Å². The van der Waals surface area contributed by atoms with Gasteiger partial charge in [-0.25, -0.2) is 0 Å². The van der Waals surface area contributed by atoms with Crippen LogP contribution in [0.2, 0.25) is 0 Å². The number of para-hydroxylation sites is 2. The maximum atomic E-state index is 11.3. The van der Waals surface area contributed by atoms with E-state index in [0.29, 0.717) is 6.01 Å². The molecule has 98 valence electrons. The first kappa shape index (κ1) is 13.7. The van der Waals surface area contributed by atoms with Crippen LogP contribution in [-0.2, 0) is 10.8 Å². The number of nitrogens with zero attached hydrogens (tertiary/aromatic N) is 2. The molecule has 1 aromatic carbocycles. The lowest BCUT2D eigenvalue weighted by Crippen LogP contribution is -3.00. The number of rotatable bonds is 2. The van der Waals surface area contributed by atoms with Crippen LogP contribution in [-0.4, -0.2) is 15.4 Å². The zero-order valence-electron chi connectivity index (χ0n) is 10.1. The SMILES string of the molecule is CS(=O)c1cc[n+](-c2nc3ccccc3o2)cc1.[Cl-]. The Bertz CT molecular complexity index is 692. The summed E-state index contributed by atoms with van der Waals surface area (Å²) in [6.07, 6.45) is 5.24. The summed E-state index contributed by atoms with van der Waals surface area (Å²) in [5.41, 5.74) is 1.58. The van der Waals surface area contributed by atoms with E-state index >= 15 is 0 Å². The molecule has 0 aliphatic carbocycles. The van der Waals surface area contributed by atoms with E-state index in [2.05, 4.69) is 4.98 Å². The molecule has 0 saturated carbocycles. The first-order valence-electron chi connectivity index (χ1n) is 5.45. The number of hydrogen-bond donors (Lipinski definition) is 0. The van der Waals surface area contributed by atoms with Crippen molar-refractivity contribution in [1.82, 2.24) is 4.98 Å². The van der Waals surface area contributed by atoms with Gasteiger partial charge in [0.15, 0.2) is 5.58 Å². The standard InChI is InChI=1S/C13H11N2O2S.ClH/c1-18(16)10-6-8-15(9-7-10)13-14-11-4-2-3-5-12(11)17-13;/h2-9H,1H3;1H/q+1;/p-1. The molecular formula is C13H11ClN2O2S. The van der Waals surface area contributed by atoms with Gasteiger partial charge in [0.1, 0.15) is 12.4 Å². The third-order valence-electron chi connectivity index (χ3n) is 2.63. The van der Waals surface area contributed by atoms with Crippen LogP contribution in [0.4, 0.5) is 0 Å². The molecule has 3 aromatic rings. The van der Waals surface area contributed by atoms with Gasteiger partial charge in [0, 0.05) is 16.1 Å². The molecule has 0 saturated heterocycles. The molecule has 2 heterocycles. The average molecular weight is 295 g/mol. The molecular weight excluding hydrogens is 284 g/mol. The molecule has 19 heavy (non-hydrogen) atoms. The Morgan fingerprint density at radius 3 is 2.47 bits per heavy atom. The van der Waals surface area contributed by atoms with E-state index in [1.165, 1.54) is 0 Å². The molecule has 1 unspecified atom stereocenters. The fourth-order valence-electron chi connectivity index (χ4n) is 1.70. The Balaban J connectivity index is 0.00000133. The summed E-state index contributed by atoms with van der Waals surface area (Å²) in [4.78, 5) is 5.16. The Morgan fingerprint density at radius 2 is 1.84 bits per heavy atom. The molecule has 1 atom stereocenters. The van der Waals surface area contributed by atoms with Crippen LogP contribution in [0.5, 0.6) is 0 Å². The van der Waals surface area contributed by atoms with Gasteiger partial charge in [-0.2, -0.15) is 4.57 Å². The summed E-state index contributed by atoms with van der Waals surface area (Å²) in [7, 11) is -0.973. The lowest BCUT2D eigenvalue weighted by atomic mass is 10.3. The number of aromatic nitrogens is 2. The van der Waals surface area contributed by atoms with Gasteiger partial charge in [-0.1, -0.05) is 12.1 Å². The molecule has 6 heteroatoms. The second kappa shape index (κ2) is 5.50. The molecule has 0 amide bonds. The molecule has 4 nitrogen and oxygen atoms in total. The van der Waals surface area contributed by atoms with E-state index in [9.17, 15) is 4.21 Å². The zero-order valence-corrected chi connectivity index (χ0v) is 11.7. The molecule has 0 bridgehead atoms. The number of benzene rings is 1. The van der Waals surface area contributed by atoms with Gasteiger partial charge in [-0.05, 0) is 24.3 Å². The minimum absolute atomic E-state index is 0. The Kier molecular flexibility index (Phi) is 3.97. The van der Waals surface area contributed by atoms with E-state index in [0.717, 1.165) is 16.0 Å². The van der Waals surface area contributed by atoms with Crippen LogP contribution in [0.1, 0.15) is 0 Å². The first-order chi connectivity index (χ1) is 8.74. The van der Waals surface area contributed by atoms with Gasteiger partial charge in [0.2, 0.25) is 5.52 Å². The molecule has 3 rings (SSSR count). The van der Waals surface area contributed by atoms with Crippen LogP contribution < -0.4 is 17.0 Å². The number of hydrogen-bond acceptors (Lipinski definition) is 3. The second-order valence-electron chi connectivity index (χ2n) is 3.86. The van der Waals surface area contributed by atoms with Crippen molar-refractivity contribution in [2.75, 3.05) is 6.26 Å². The largest absolute Gasteiger partial charge is 1.00 e. The fourth-order valence-corrected chi connectivity index (χ4v) is 2.21. The predicted molar refractivity (Wildman–Crippen MR) is 67.9 cm³/mol. The molecule has 0 radical (unpaired) electrons. The normalized spacial score (nSPS) is 12.1. The van der Waals surface area contributed by atoms with Gasteiger partial charge in [0.25, 0.3) is 0 Å². The first-order valence-corrected chi connectivity index (χ1v) is 7.00. The van der Waals surface area contributed by atoms with Gasteiger partial charge < -0.3 is 16.8 Å². The smallest absolute Gasteiger partial charge is 0.509 e. The van der Waals surface area contributed by atoms with Gasteiger partial charge >= 0.3 is 6.01 Å². The van der Waals surface area contributed by atoms with E-state index in [1.807, 2.05) is 24.3 Å². The maximum Gasteiger partial charge on any atom is 0.509 e. The summed E-state index contributed by atoms with van der Waals surface area (Å²) in [6.45, 7) is 0. The van der Waals surface area contributed by atoms with Crippen LogP contribution in [0.25, 0.3) is 17.1 Å². The highest BCUT2D eigenvalue weighted by Gasteiger charge is 2.16. The molecule has 0 spiro atoms. The predicted octanol–water partition coefficient (Wildman–Crippen LogP) is -1.15. The average Bonchev–Trinajstić information content (AvgIpc) is 2.82. The van der Waals surface area contributed by atoms with Crippen molar-refractivity contribution in [3.8, 4) is 6.01 Å². The summed E-state index contributed by atoms with van der Waals surface area (Å²) < 4.78 is 18.7. The van der Waals surface area contributed by atoms with Gasteiger partial charge in [-0.15, -0.1) is 0 Å². The van der Waals surface area contributed by atoms with Crippen LogP contribution in [0, 0.1) is 0 Å². The highest BCUT2D eigenvalue weighted by atomic mass is 35.5. The number of oxazole rings is 1. The van der Waals surface area contributed by atoms with Gasteiger partial charge in [-0.3, -0.25) is 4.21 Å². The van der Waals surface area contributed by atoms with Crippen molar-refractivity contribution in [3.05, 3.63) is 48.8 Å². The summed E-state index contributed by atoms with van der Waals surface area (Å²) in [6, 6.07) is 11.7. The quantitative estimate of drug-likeness (QED) is 0.561. The lowest BCUT2D eigenvalue weighted by Gasteiger charge is -1.94. The Morgan fingerprint density at radius 1 is 1.16 bits per heavy atom. The Labute approximate surface area is 119 Å². The molecule has 0 fully saturated rings. The summed E-state index contributed by atoms with van der Waals surface area (Å²) in [5, 5.41) is 0. The van der Waals surface area contributed by atoms with Crippen molar-refractivity contribution in [3.63, 3.8) is 0 Å². The van der Waals surface area contributed by atoms with E-state index in [4.69, 9.17) is 4.42 Å². The van der Waals surface area contributed by atoms with Crippen molar-refractivity contribution in [2.45, 2.75) is 4.90 Å². The molecule has 0 aliphatic rings. The highest BCUT2D eigenvalue weighted by molar-refractivity contribution is 7.84. The maximum absolute atomic E-state index is 11.3. The van der Waals surface area contributed by atoms with Crippen molar-refractivity contribution < 1.29 is 25.6 Å². The summed E-state index contributed by atoms with van der Waals surface area (Å²) in [5.74, 6) is 0. The van der Waals surface area contributed by atoms with Crippen LogP contribution >= 0.6 is 0 Å². The van der Waals surface area contributed by atoms with E-state index in [1.54, 1.807) is 35.3 Å².